The lowest BCUT2D eigenvalue weighted by atomic mass is 10.2. The maximum atomic E-state index is 11.0. The van der Waals surface area contributed by atoms with E-state index in [-0.39, 0.29) is 17.5 Å². The summed E-state index contributed by atoms with van der Waals surface area (Å²) in [6.45, 7) is 0. The molecule has 0 bridgehead atoms. The quantitative estimate of drug-likeness (QED) is 0.833. The molecule has 1 heterocycles. The smallest absolute Gasteiger partial charge is 0.154 e. The Hall–Kier alpha value is -1.23. The van der Waals surface area contributed by atoms with Gasteiger partial charge >= 0.3 is 0 Å². The van der Waals surface area contributed by atoms with Crippen LogP contribution >= 0.6 is 0 Å². The molecule has 2 rings (SSSR count). The van der Waals surface area contributed by atoms with Crippen LogP contribution in [-0.4, -0.2) is 33.1 Å². The molecule has 82 valence electrons. The maximum Gasteiger partial charge on any atom is 0.154 e. The highest BCUT2D eigenvalue weighted by Gasteiger charge is 2.33. The van der Waals surface area contributed by atoms with Crippen molar-refractivity contribution in [2.45, 2.75) is 6.04 Å². The Bertz CT molecular complexity index is 443. The van der Waals surface area contributed by atoms with Crippen molar-refractivity contribution in [3.63, 3.8) is 0 Å². The zero-order valence-corrected chi connectivity index (χ0v) is 9.25. The number of sulfone groups is 1. The fraction of sp³-hybridized carbons (Fsp3) is 0.400. The van der Waals surface area contributed by atoms with Gasteiger partial charge in [0, 0.05) is 0 Å². The Labute approximate surface area is 89.2 Å². The van der Waals surface area contributed by atoms with Crippen molar-refractivity contribution in [1.82, 2.24) is 0 Å². The minimum atomic E-state index is -2.77. The lowest BCUT2D eigenvalue weighted by molar-refractivity contribution is 0.416. The van der Waals surface area contributed by atoms with Crippen molar-refractivity contribution in [2.24, 2.45) is 0 Å². The second kappa shape index (κ2) is 3.73. The first-order chi connectivity index (χ1) is 7.11. The van der Waals surface area contributed by atoms with Gasteiger partial charge in [-0.3, -0.25) is 0 Å². The maximum absolute atomic E-state index is 11.0. The third kappa shape index (κ3) is 2.23. The second-order valence-corrected chi connectivity index (χ2v) is 5.77. The van der Waals surface area contributed by atoms with E-state index in [1.54, 1.807) is 7.11 Å². The molecular weight excluding hydrogens is 214 g/mol. The zero-order valence-electron chi connectivity index (χ0n) is 8.43. The number of hydrogen-bond acceptors (Lipinski definition) is 4. The van der Waals surface area contributed by atoms with E-state index in [1.807, 2.05) is 24.3 Å². The number of benzene rings is 1. The first kappa shape index (κ1) is 10.3. The number of ether oxygens (including phenoxy) is 1. The van der Waals surface area contributed by atoms with E-state index >= 15 is 0 Å². The van der Waals surface area contributed by atoms with Crippen molar-refractivity contribution in [3.8, 4) is 5.75 Å². The average Bonchev–Trinajstić information content (AvgIpc) is 2.16. The van der Waals surface area contributed by atoms with Crippen molar-refractivity contribution < 1.29 is 13.2 Å². The molecule has 0 saturated carbocycles. The van der Waals surface area contributed by atoms with Crippen LogP contribution in [0.5, 0.6) is 5.75 Å². The largest absolute Gasteiger partial charge is 0.495 e. The van der Waals surface area contributed by atoms with Gasteiger partial charge in [0.1, 0.15) is 5.75 Å². The predicted octanol–water partition coefficient (Wildman–Crippen LogP) is 0.904. The Balaban J connectivity index is 2.06. The van der Waals surface area contributed by atoms with Gasteiger partial charge in [-0.25, -0.2) is 8.42 Å². The van der Waals surface area contributed by atoms with Crippen LogP contribution < -0.4 is 10.1 Å². The Morgan fingerprint density at radius 3 is 2.60 bits per heavy atom. The standard InChI is InChI=1S/C10H13NO3S/c1-14-10-5-3-2-4-9(10)11-8-6-15(12,13)7-8/h2-5,8,11H,6-7H2,1H3. The van der Waals surface area contributed by atoms with Crippen LogP contribution in [-0.2, 0) is 9.84 Å². The second-order valence-electron chi connectivity index (χ2n) is 3.62. The van der Waals surface area contributed by atoms with Gasteiger partial charge in [0.25, 0.3) is 0 Å². The summed E-state index contributed by atoms with van der Waals surface area (Å²) in [5.41, 5.74) is 0.847. The summed E-state index contributed by atoms with van der Waals surface area (Å²) in [6, 6.07) is 7.50. The number of rotatable bonds is 3. The molecule has 1 saturated heterocycles. The molecule has 1 aliphatic heterocycles. The van der Waals surface area contributed by atoms with E-state index < -0.39 is 9.84 Å². The fourth-order valence-corrected chi connectivity index (χ4v) is 2.93. The average molecular weight is 227 g/mol. The zero-order chi connectivity index (χ0) is 10.9. The molecule has 0 amide bonds. The van der Waals surface area contributed by atoms with Crippen LogP contribution in [0.2, 0.25) is 0 Å². The number of hydrogen-bond donors (Lipinski definition) is 1. The topological polar surface area (TPSA) is 55.4 Å². The third-order valence-electron chi connectivity index (χ3n) is 2.38. The van der Waals surface area contributed by atoms with E-state index in [0.29, 0.717) is 0 Å². The molecule has 1 fully saturated rings. The van der Waals surface area contributed by atoms with E-state index in [0.717, 1.165) is 11.4 Å². The minimum Gasteiger partial charge on any atom is -0.495 e. The van der Waals surface area contributed by atoms with Crippen molar-refractivity contribution in [1.29, 1.82) is 0 Å². The van der Waals surface area contributed by atoms with Gasteiger partial charge in [0.2, 0.25) is 0 Å². The predicted molar refractivity (Wildman–Crippen MR) is 59.1 cm³/mol. The molecule has 1 aromatic rings. The normalized spacial score (nSPS) is 19.3. The van der Waals surface area contributed by atoms with Crippen LogP contribution in [0.3, 0.4) is 0 Å². The molecule has 0 aromatic heterocycles. The molecule has 5 heteroatoms. The van der Waals surface area contributed by atoms with Gasteiger partial charge in [0.15, 0.2) is 9.84 Å². The van der Waals surface area contributed by atoms with Gasteiger partial charge in [-0.15, -0.1) is 0 Å². The molecule has 0 atom stereocenters. The lowest BCUT2D eigenvalue weighted by Gasteiger charge is -2.28. The minimum absolute atomic E-state index is 0.0197. The molecule has 1 aliphatic rings. The summed E-state index contributed by atoms with van der Waals surface area (Å²) in [5, 5.41) is 3.15. The van der Waals surface area contributed by atoms with Gasteiger partial charge in [-0.1, -0.05) is 12.1 Å². The van der Waals surface area contributed by atoms with Crippen LogP contribution in [0, 0.1) is 0 Å². The molecule has 1 aromatic carbocycles. The molecule has 0 radical (unpaired) electrons. The van der Waals surface area contributed by atoms with Gasteiger partial charge in [-0.05, 0) is 12.1 Å². The summed E-state index contributed by atoms with van der Waals surface area (Å²) < 4.78 is 27.1. The Morgan fingerprint density at radius 2 is 2.00 bits per heavy atom. The number of anilines is 1. The summed E-state index contributed by atoms with van der Waals surface area (Å²) in [4.78, 5) is 0. The summed E-state index contributed by atoms with van der Waals surface area (Å²) in [5.74, 6) is 1.16. The van der Waals surface area contributed by atoms with E-state index in [9.17, 15) is 8.42 Å². The van der Waals surface area contributed by atoms with Crippen LogP contribution in [0.25, 0.3) is 0 Å². The van der Waals surface area contributed by atoms with Gasteiger partial charge in [0.05, 0.1) is 30.3 Å². The third-order valence-corrected chi connectivity index (χ3v) is 4.20. The van der Waals surface area contributed by atoms with E-state index in [4.69, 9.17) is 4.74 Å². The molecule has 4 nitrogen and oxygen atoms in total. The summed E-state index contributed by atoms with van der Waals surface area (Å²) in [7, 11) is -1.18. The molecule has 0 aliphatic carbocycles. The Morgan fingerprint density at radius 1 is 1.33 bits per heavy atom. The molecule has 0 unspecified atom stereocenters. The van der Waals surface area contributed by atoms with Crippen molar-refractivity contribution in [3.05, 3.63) is 24.3 Å². The van der Waals surface area contributed by atoms with E-state index in [2.05, 4.69) is 5.32 Å². The molecule has 1 N–H and O–H groups in total. The molecule has 0 spiro atoms. The highest BCUT2D eigenvalue weighted by Crippen LogP contribution is 2.26. The highest BCUT2D eigenvalue weighted by molar-refractivity contribution is 7.92. The molecular formula is C10H13NO3S. The molecule has 15 heavy (non-hydrogen) atoms. The van der Waals surface area contributed by atoms with Crippen molar-refractivity contribution >= 4 is 15.5 Å². The van der Waals surface area contributed by atoms with Gasteiger partial charge < -0.3 is 10.1 Å². The fourth-order valence-electron chi connectivity index (χ4n) is 1.63. The van der Waals surface area contributed by atoms with Gasteiger partial charge in [-0.2, -0.15) is 0 Å². The van der Waals surface area contributed by atoms with Crippen LogP contribution in [0.15, 0.2) is 24.3 Å². The van der Waals surface area contributed by atoms with Crippen LogP contribution in [0.4, 0.5) is 5.69 Å². The van der Waals surface area contributed by atoms with E-state index in [1.165, 1.54) is 0 Å². The van der Waals surface area contributed by atoms with Crippen LogP contribution in [0.1, 0.15) is 0 Å². The first-order valence-electron chi connectivity index (χ1n) is 4.71. The van der Waals surface area contributed by atoms with Crippen molar-refractivity contribution in [2.75, 3.05) is 23.9 Å². The lowest BCUT2D eigenvalue weighted by Crippen LogP contribution is -2.46. The number of methoxy groups -OCH3 is 1. The Kier molecular flexibility index (Phi) is 2.56. The summed E-state index contributed by atoms with van der Waals surface area (Å²) >= 11 is 0. The number of para-hydroxylation sites is 2. The summed E-state index contributed by atoms with van der Waals surface area (Å²) in [6.07, 6.45) is 0. The number of nitrogens with one attached hydrogen (secondary N) is 1. The monoisotopic (exact) mass is 227 g/mol. The first-order valence-corrected chi connectivity index (χ1v) is 6.53. The SMILES string of the molecule is COc1ccccc1NC1CS(=O)(=O)C1. The highest BCUT2D eigenvalue weighted by atomic mass is 32.2.